The van der Waals surface area contributed by atoms with E-state index in [0.717, 1.165) is 12.0 Å². The highest BCUT2D eigenvalue weighted by molar-refractivity contribution is 5.83. The predicted octanol–water partition coefficient (Wildman–Crippen LogP) is 2.73. The van der Waals surface area contributed by atoms with Crippen molar-refractivity contribution in [2.45, 2.75) is 33.6 Å². The molecular formula is C15H23NO. The van der Waals surface area contributed by atoms with Crippen LogP contribution >= 0.6 is 0 Å². The molecule has 2 nitrogen and oxygen atoms in total. The van der Waals surface area contributed by atoms with Crippen LogP contribution in [-0.4, -0.2) is 12.3 Å². The van der Waals surface area contributed by atoms with Gasteiger partial charge in [0.2, 0.25) is 0 Å². The number of benzene rings is 1. The summed E-state index contributed by atoms with van der Waals surface area (Å²) in [6.07, 6.45) is 1.41. The van der Waals surface area contributed by atoms with Gasteiger partial charge in [-0.25, -0.2) is 0 Å². The first-order chi connectivity index (χ1) is 8.04. The maximum atomic E-state index is 12.2. The molecule has 0 fully saturated rings. The van der Waals surface area contributed by atoms with E-state index in [1.165, 1.54) is 5.56 Å². The number of rotatable bonds is 6. The molecule has 0 saturated carbocycles. The molecular weight excluding hydrogens is 210 g/mol. The van der Waals surface area contributed by atoms with E-state index in [1.807, 2.05) is 31.2 Å². The van der Waals surface area contributed by atoms with Crippen LogP contribution in [-0.2, 0) is 11.2 Å². The van der Waals surface area contributed by atoms with Crippen LogP contribution in [0, 0.1) is 18.8 Å². The maximum Gasteiger partial charge on any atom is 0.141 e. The number of hydrogen-bond acceptors (Lipinski definition) is 2. The molecule has 0 radical (unpaired) electrons. The van der Waals surface area contributed by atoms with Crippen molar-refractivity contribution in [2.24, 2.45) is 17.6 Å². The molecule has 2 heteroatoms. The van der Waals surface area contributed by atoms with Gasteiger partial charge in [0.05, 0.1) is 0 Å². The lowest BCUT2D eigenvalue weighted by Crippen LogP contribution is -2.26. The molecule has 0 aromatic heterocycles. The van der Waals surface area contributed by atoms with Crippen molar-refractivity contribution in [1.82, 2.24) is 0 Å². The van der Waals surface area contributed by atoms with Gasteiger partial charge in [-0.2, -0.15) is 0 Å². The quantitative estimate of drug-likeness (QED) is 0.821. The Morgan fingerprint density at radius 2 is 1.94 bits per heavy atom. The highest BCUT2D eigenvalue weighted by atomic mass is 16.1. The van der Waals surface area contributed by atoms with Crippen LogP contribution in [0.15, 0.2) is 24.3 Å². The van der Waals surface area contributed by atoms with Crippen LogP contribution in [0.1, 0.15) is 31.4 Å². The molecule has 1 aromatic rings. The Hall–Kier alpha value is -1.15. The van der Waals surface area contributed by atoms with Gasteiger partial charge in [-0.1, -0.05) is 38.1 Å². The molecule has 0 saturated heterocycles. The van der Waals surface area contributed by atoms with E-state index in [4.69, 9.17) is 5.73 Å². The van der Waals surface area contributed by atoms with Gasteiger partial charge < -0.3 is 5.73 Å². The van der Waals surface area contributed by atoms with Crippen molar-refractivity contribution >= 4 is 5.78 Å². The third kappa shape index (κ3) is 4.31. The minimum absolute atomic E-state index is 0.00889. The number of carbonyl (C=O) groups excluding carboxylic acids is 1. The van der Waals surface area contributed by atoms with Gasteiger partial charge in [-0.3, -0.25) is 4.79 Å². The van der Waals surface area contributed by atoms with Crippen molar-refractivity contribution in [1.29, 1.82) is 0 Å². The molecule has 0 aliphatic heterocycles. The summed E-state index contributed by atoms with van der Waals surface area (Å²) in [6, 6.07) is 8.05. The topological polar surface area (TPSA) is 43.1 Å². The number of Topliss-reactive ketones (excluding diaryl/α,β-unsaturated/α-hetero) is 1. The Balaban J connectivity index is 2.67. The number of nitrogens with two attached hydrogens (primary N) is 1. The van der Waals surface area contributed by atoms with Gasteiger partial charge in [0.1, 0.15) is 5.78 Å². The summed E-state index contributed by atoms with van der Waals surface area (Å²) < 4.78 is 0. The first-order valence-electron chi connectivity index (χ1n) is 6.31. The summed E-state index contributed by atoms with van der Waals surface area (Å²) in [6.45, 7) is 6.76. The fourth-order valence-corrected chi connectivity index (χ4v) is 2.07. The van der Waals surface area contributed by atoms with E-state index < -0.39 is 0 Å². The molecule has 0 aliphatic carbocycles. The highest BCUT2D eigenvalue weighted by Crippen LogP contribution is 2.16. The smallest absolute Gasteiger partial charge is 0.141 e. The molecule has 0 bridgehead atoms. The lowest BCUT2D eigenvalue weighted by molar-refractivity contribution is -0.122. The van der Waals surface area contributed by atoms with Crippen LogP contribution < -0.4 is 5.73 Å². The SMILES string of the molecule is Cc1ccccc1CC(=O)C(CN)CC(C)C. The minimum atomic E-state index is 0.00889. The van der Waals surface area contributed by atoms with E-state index in [1.54, 1.807) is 0 Å². The third-order valence-electron chi connectivity index (χ3n) is 3.12. The van der Waals surface area contributed by atoms with Crippen LogP contribution in [0.2, 0.25) is 0 Å². The number of hydrogen-bond donors (Lipinski definition) is 1. The zero-order valence-corrected chi connectivity index (χ0v) is 11.1. The summed E-state index contributed by atoms with van der Waals surface area (Å²) in [4.78, 5) is 12.2. The van der Waals surface area contributed by atoms with E-state index in [-0.39, 0.29) is 11.7 Å². The molecule has 1 aromatic carbocycles. The van der Waals surface area contributed by atoms with Crippen molar-refractivity contribution in [3.63, 3.8) is 0 Å². The fraction of sp³-hybridized carbons (Fsp3) is 0.533. The normalized spacial score (nSPS) is 12.8. The molecule has 1 atom stereocenters. The Morgan fingerprint density at radius 1 is 1.29 bits per heavy atom. The monoisotopic (exact) mass is 233 g/mol. The first kappa shape index (κ1) is 13.9. The van der Waals surface area contributed by atoms with Gasteiger partial charge >= 0.3 is 0 Å². The molecule has 0 amide bonds. The Kier molecular flexibility index (Phi) is 5.36. The Morgan fingerprint density at radius 3 is 2.47 bits per heavy atom. The predicted molar refractivity (Wildman–Crippen MR) is 71.9 cm³/mol. The second kappa shape index (κ2) is 6.55. The van der Waals surface area contributed by atoms with Crippen molar-refractivity contribution in [3.05, 3.63) is 35.4 Å². The zero-order chi connectivity index (χ0) is 12.8. The first-order valence-corrected chi connectivity index (χ1v) is 6.31. The van der Waals surface area contributed by atoms with Gasteiger partial charge in [0, 0.05) is 18.9 Å². The average molecular weight is 233 g/mol. The van der Waals surface area contributed by atoms with Gasteiger partial charge in [0.15, 0.2) is 0 Å². The zero-order valence-electron chi connectivity index (χ0n) is 11.1. The second-order valence-corrected chi connectivity index (χ2v) is 5.13. The second-order valence-electron chi connectivity index (χ2n) is 5.13. The Labute approximate surface area is 104 Å². The highest BCUT2D eigenvalue weighted by Gasteiger charge is 2.18. The number of carbonyl (C=O) groups is 1. The van der Waals surface area contributed by atoms with E-state index in [2.05, 4.69) is 13.8 Å². The lowest BCUT2D eigenvalue weighted by atomic mass is 9.89. The van der Waals surface area contributed by atoms with Crippen LogP contribution in [0.5, 0.6) is 0 Å². The maximum absolute atomic E-state index is 12.2. The van der Waals surface area contributed by atoms with E-state index in [0.29, 0.717) is 18.9 Å². The molecule has 0 aliphatic rings. The Bertz CT molecular complexity index is 371. The van der Waals surface area contributed by atoms with Crippen molar-refractivity contribution < 1.29 is 4.79 Å². The van der Waals surface area contributed by atoms with Crippen LogP contribution in [0.3, 0.4) is 0 Å². The molecule has 94 valence electrons. The summed E-state index contributed by atoms with van der Waals surface area (Å²) in [5.41, 5.74) is 8.00. The van der Waals surface area contributed by atoms with E-state index >= 15 is 0 Å². The van der Waals surface area contributed by atoms with Crippen molar-refractivity contribution in [3.8, 4) is 0 Å². The minimum Gasteiger partial charge on any atom is -0.330 e. The van der Waals surface area contributed by atoms with Crippen LogP contribution in [0.25, 0.3) is 0 Å². The van der Waals surface area contributed by atoms with Crippen LogP contribution in [0.4, 0.5) is 0 Å². The molecule has 1 unspecified atom stereocenters. The molecule has 17 heavy (non-hydrogen) atoms. The molecule has 2 N–H and O–H groups in total. The third-order valence-corrected chi connectivity index (χ3v) is 3.12. The van der Waals surface area contributed by atoms with E-state index in [9.17, 15) is 4.79 Å². The molecule has 0 spiro atoms. The largest absolute Gasteiger partial charge is 0.330 e. The summed E-state index contributed by atoms with van der Waals surface area (Å²) in [5, 5.41) is 0. The number of ketones is 1. The summed E-state index contributed by atoms with van der Waals surface area (Å²) in [7, 11) is 0. The van der Waals surface area contributed by atoms with Gasteiger partial charge in [-0.15, -0.1) is 0 Å². The summed E-state index contributed by atoms with van der Waals surface area (Å²) >= 11 is 0. The standard InChI is InChI=1S/C15H23NO/c1-11(2)8-14(10-16)15(17)9-13-7-5-4-6-12(13)3/h4-7,11,14H,8-10,16H2,1-3H3. The number of aryl methyl sites for hydroxylation is 1. The lowest BCUT2D eigenvalue weighted by Gasteiger charge is -2.16. The van der Waals surface area contributed by atoms with Crippen molar-refractivity contribution in [2.75, 3.05) is 6.54 Å². The molecule has 1 rings (SSSR count). The molecule has 0 heterocycles. The van der Waals surface area contributed by atoms with Gasteiger partial charge in [-0.05, 0) is 30.4 Å². The fourth-order valence-electron chi connectivity index (χ4n) is 2.07. The summed E-state index contributed by atoms with van der Waals surface area (Å²) in [5.74, 6) is 0.800. The average Bonchev–Trinajstić information content (AvgIpc) is 2.28. The van der Waals surface area contributed by atoms with Gasteiger partial charge in [0.25, 0.3) is 0 Å².